The summed E-state index contributed by atoms with van der Waals surface area (Å²) >= 11 is 0. The summed E-state index contributed by atoms with van der Waals surface area (Å²) in [6.45, 7) is 4.54. The Morgan fingerprint density at radius 2 is 1.83 bits per heavy atom. The Balaban J connectivity index is 2.45. The van der Waals surface area contributed by atoms with Crippen molar-refractivity contribution in [3.8, 4) is 0 Å². The van der Waals surface area contributed by atoms with E-state index in [1.165, 1.54) is 0 Å². The summed E-state index contributed by atoms with van der Waals surface area (Å²) in [6.07, 6.45) is 1.28. The minimum absolute atomic E-state index is 0.00722. The van der Waals surface area contributed by atoms with Crippen molar-refractivity contribution >= 4 is 5.97 Å². The molecule has 0 aliphatic carbocycles. The van der Waals surface area contributed by atoms with Gasteiger partial charge in [0.25, 0.3) is 0 Å². The third-order valence-corrected chi connectivity index (χ3v) is 2.53. The minimum atomic E-state index is -0.809. The van der Waals surface area contributed by atoms with Crippen LogP contribution < -0.4 is 0 Å². The molecule has 1 heterocycles. The quantitative estimate of drug-likeness (QED) is 0.759. The monoisotopic (exact) mass is 256 g/mol. The molecule has 1 aromatic rings. The number of carboxylic acid groups (broad SMARTS) is 1. The van der Waals surface area contributed by atoms with E-state index in [9.17, 15) is 4.79 Å². The van der Waals surface area contributed by atoms with Crippen LogP contribution >= 0.6 is 0 Å². The molecule has 2 atom stereocenters. The zero-order valence-corrected chi connectivity index (χ0v) is 11.0. The van der Waals surface area contributed by atoms with Gasteiger partial charge in [-0.1, -0.05) is 13.8 Å². The summed E-state index contributed by atoms with van der Waals surface area (Å²) in [5, 5.41) is 16.5. The van der Waals surface area contributed by atoms with Gasteiger partial charge in [-0.3, -0.25) is 4.79 Å². The van der Waals surface area contributed by atoms with Crippen LogP contribution in [-0.4, -0.2) is 35.0 Å². The lowest BCUT2D eigenvalue weighted by Crippen LogP contribution is -2.07. The average Bonchev–Trinajstić information content (AvgIpc) is 2.64. The molecule has 0 bridgehead atoms. The molecule has 0 saturated carbocycles. The lowest BCUT2D eigenvalue weighted by molar-refractivity contribution is -0.137. The van der Waals surface area contributed by atoms with Crippen LogP contribution in [0.25, 0.3) is 0 Å². The summed E-state index contributed by atoms with van der Waals surface area (Å²) in [4.78, 5) is 10.5. The number of rotatable bonds is 8. The molecule has 2 unspecified atom stereocenters. The van der Waals surface area contributed by atoms with Crippen LogP contribution in [0.2, 0.25) is 0 Å². The molecule has 1 aromatic heterocycles. The molecule has 18 heavy (non-hydrogen) atoms. The van der Waals surface area contributed by atoms with Gasteiger partial charge in [0, 0.05) is 33.0 Å². The normalized spacial score (nSPS) is 14.4. The molecular formula is C12H20N2O4. The van der Waals surface area contributed by atoms with Gasteiger partial charge in [0.15, 0.2) is 0 Å². The number of nitrogens with zero attached hydrogens (tertiary/aromatic N) is 2. The van der Waals surface area contributed by atoms with Crippen LogP contribution in [-0.2, 0) is 22.4 Å². The average molecular weight is 256 g/mol. The number of carbonyl (C=O) groups is 1. The number of aromatic nitrogens is 2. The van der Waals surface area contributed by atoms with Crippen molar-refractivity contribution in [2.75, 3.05) is 13.7 Å². The van der Waals surface area contributed by atoms with Crippen LogP contribution in [0.5, 0.6) is 0 Å². The van der Waals surface area contributed by atoms with E-state index in [0.717, 1.165) is 0 Å². The largest absolute Gasteiger partial charge is 0.481 e. The number of carboxylic acids is 1. The molecule has 6 nitrogen and oxygen atoms in total. The topological polar surface area (TPSA) is 85.5 Å². The van der Waals surface area contributed by atoms with Crippen molar-refractivity contribution in [1.82, 2.24) is 10.2 Å². The van der Waals surface area contributed by atoms with Crippen LogP contribution in [0.3, 0.4) is 0 Å². The summed E-state index contributed by atoms with van der Waals surface area (Å²) in [7, 11) is 1.66. The van der Waals surface area contributed by atoms with Crippen molar-refractivity contribution in [2.45, 2.75) is 33.1 Å². The first kappa shape index (κ1) is 14.6. The van der Waals surface area contributed by atoms with Gasteiger partial charge in [-0.25, -0.2) is 0 Å². The molecule has 0 aromatic carbocycles. The molecule has 0 fully saturated rings. The molecule has 0 aliphatic rings. The fourth-order valence-electron chi connectivity index (χ4n) is 1.76. The Hall–Kier alpha value is -1.43. The first-order valence-corrected chi connectivity index (χ1v) is 6.03. The van der Waals surface area contributed by atoms with Gasteiger partial charge in [-0.2, -0.15) is 0 Å². The smallest absolute Gasteiger partial charge is 0.303 e. The highest BCUT2D eigenvalue weighted by molar-refractivity contribution is 5.66. The van der Waals surface area contributed by atoms with E-state index in [-0.39, 0.29) is 12.3 Å². The molecular weight excluding hydrogens is 236 g/mol. The van der Waals surface area contributed by atoms with Gasteiger partial charge >= 0.3 is 5.97 Å². The van der Waals surface area contributed by atoms with Crippen molar-refractivity contribution in [3.63, 3.8) is 0 Å². The number of hydrogen-bond donors (Lipinski definition) is 1. The Bertz CT molecular complexity index is 378. The zero-order chi connectivity index (χ0) is 13.5. The fraction of sp³-hybridized carbons (Fsp3) is 0.750. The van der Waals surface area contributed by atoms with Crippen molar-refractivity contribution in [1.29, 1.82) is 0 Å². The lowest BCUT2D eigenvalue weighted by Gasteiger charge is -2.06. The molecule has 0 aliphatic heterocycles. The van der Waals surface area contributed by atoms with Crippen LogP contribution in [0.15, 0.2) is 4.42 Å². The third kappa shape index (κ3) is 5.27. The Kier molecular flexibility index (Phi) is 5.77. The Morgan fingerprint density at radius 1 is 1.28 bits per heavy atom. The van der Waals surface area contributed by atoms with E-state index < -0.39 is 5.97 Å². The van der Waals surface area contributed by atoms with Gasteiger partial charge in [0.2, 0.25) is 11.8 Å². The summed E-state index contributed by atoms with van der Waals surface area (Å²) in [5.41, 5.74) is 0. The van der Waals surface area contributed by atoms with Crippen molar-refractivity contribution in [2.24, 2.45) is 11.8 Å². The number of ether oxygens (including phenoxy) is 1. The highest BCUT2D eigenvalue weighted by Gasteiger charge is 2.14. The van der Waals surface area contributed by atoms with E-state index in [0.29, 0.717) is 37.1 Å². The summed E-state index contributed by atoms with van der Waals surface area (Å²) in [6, 6.07) is 0. The highest BCUT2D eigenvalue weighted by Crippen LogP contribution is 2.13. The van der Waals surface area contributed by atoms with E-state index in [2.05, 4.69) is 10.2 Å². The second-order valence-electron chi connectivity index (χ2n) is 4.76. The summed E-state index contributed by atoms with van der Waals surface area (Å²) < 4.78 is 10.5. The maximum absolute atomic E-state index is 10.5. The molecule has 0 radical (unpaired) electrons. The summed E-state index contributed by atoms with van der Waals surface area (Å²) in [5.74, 6) is 0.586. The standard InChI is InChI=1S/C12H20N2O4/c1-8(6-12(15)16)4-10-13-14-11(18-10)5-9(2)7-17-3/h8-9H,4-7H2,1-3H3,(H,15,16). The van der Waals surface area contributed by atoms with E-state index >= 15 is 0 Å². The Morgan fingerprint density at radius 3 is 2.33 bits per heavy atom. The number of hydrogen-bond acceptors (Lipinski definition) is 5. The van der Waals surface area contributed by atoms with Gasteiger partial charge in [0.1, 0.15) is 0 Å². The van der Waals surface area contributed by atoms with Crippen molar-refractivity contribution in [3.05, 3.63) is 11.8 Å². The highest BCUT2D eigenvalue weighted by atomic mass is 16.5. The predicted octanol–water partition coefficient (Wildman–Crippen LogP) is 1.55. The van der Waals surface area contributed by atoms with E-state index in [1.54, 1.807) is 7.11 Å². The third-order valence-electron chi connectivity index (χ3n) is 2.53. The SMILES string of the molecule is COCC(C)Cc1nnc(CC(C)CC(=O)O)o1. The molecule has 1 N–H and O–H groups in total. The number of aliphatic carboxylic acids is 1. The number of methoxy groups -OCH3 is 1. The molecule has 0 amide bonds. The van der Waals surface area contributed by atoms with Crippen LogP contribution in [0.4, 0.5) is 0 Å². The first-order valence-electron chi connectivity index (χ1n) is 6.03. The second kappa shape index (κ2) is 7.10. The maximum atomic E-state index is 10.5. The van der Waals surface area contributed by atoms with E-state index in [4.69, 9.17) is 14.3 Å². The second-order valence-corrected chi connectivity index (χ2v) is 4.76. The Labute approximate surface area is 106 Å². The molecule has 102 valence electrons. The molecule has 6 heteroatoms. The molecule has 0 spiro atoms. The van der Waals surface area contributed by atoms with Crippen LogP contribution in [0, 0.1) is 11.8 Å². The van der Waals surface area contributed by atoms with Gasteiger partial charge in [0.05, 0.1) is 0 Å². The van der Waals surface area contributed by atoms with Crippen molar-refractivity contribution < 1.29 is 19.1 Å². The zero-order valence-electron chi connectivity index (χ0n) is 11.0. The lowest BCUT2D eigenvalue weighted by atomic mass is 10.0. The van der Waals surface area contributed by atoms with Crippen LogP contribution in [0.1, 0.15) is 32.0 Å². The minimum Gasteiger partial charge on any atom is -0.481 e. The van der Waals surface area contributed by atoms with Gasteiger partial charge in [-0.15, -0.1) is 10.2 Å². The van der Waals surface area contributed by atoms with E-state index in [1.807, 2.05) is 13.8 Å². The first-order chi connectivity index (χ1) is 8.51. The molecule has 1 rings (SSSR count). The fourth-order valence-corrected chi connectivity index (χ4v) is 1.76. The van der Waals surface area contributed by atoms with Gasteiger partial charge in [-0.05, 0) is 11.8 Å². The predicted molar refractivity (Wildman–Crippen MR) is 64.2 cm³/mol. The van der Waals surface area contributed by atoms with Gasteiger partial charge < -0.3 is 14.3 Å². The molecule has 0 saturated heterocycles. The maximum Gasteiger partial charge on any atom is 0.303 e.